The van der Waals surface area contributed by atoms with Crippen LogP contribution in [0, 0.1) is 23.2 Å². The SMILES string of the molecule is CCC[C@H](NC(=O)[C@@H]1[C@H]2CCC[C@H]2CN1C(=O)[C@@H](NC(=O)[C@@H](NC(=O)c1cnc(C(=O)NCCOCCOCCNC(=O)CCOCCOCCNc2cccc3c2C(=O)N(C2CCC(=O)NC2=O)C3=O)cn1)C1CCCCC1)C(C)(C)C)C(=O)C(=O)NC1CC1. The number of benzene rings is 1. The largest absolute Gasteiger partial charge is 0.382 e. The van der Waals surface area contributed by atoms with Crippen molar-refractivity contribution in [1.29, 1.82) is 0 Å². The smallest absolute Gasteiger partial charge is 0.289 e. The van der Waals surface area contributed by atoms with E-state index in [2.05, 4.69) is 52.5 Å². The standard InChI is InChI=1S/C63H88N12O16/c1-5-11-43(52(78)59(84)69-39-18-19-39)70-58(83)51-40-15-9-14-38(40)36-74(51)62(87)53(63(2,3)4)73-57(82)50(37-12-7-6-8-13-37)72-55(80)45-35-67-44(34-68-45)54(79)66-25-29-91-33-32-90-28-24-65-47(76)22-26-88-30-31-89-27-23-64-42-17-10-16-41-49(42)61(86)75(60(41)85)46-20-21-48(77)71-56(46)81/h10,16-17,34-35,37-40,43,46,50-51,53,64H,5-9,11-15,18-33,36H2,1-4H3,(H,65,76)(H,66,79)(H,69,84)(H,70,83)(H,72,80)(H,73,82)(H,71,77,81)/t38-,40-,43-,46?,50-,51-,53+/m0/s1. The first-order valence-corrected chi connectivity index (χ1v) is 32.1. The van der Waals surface area contributed by atoms with Gasteiger partial charge in [-0.2, -0.15) is 0 Å². The molecule has 496 valence electrons. The van der Waals surface area contributed by atoms with E-state index in [-0.39, 0.29) is 144 Å². The number of hydrogen-bond acceptors (Lipinski definition) is 19. The fourth-order valence-electron chi connectivity index (χ4n) is 12.4. The van der Waals surface area contributed by atoms with E-state index in [0.717, 1.165) is 62.2 Å². The van der Waals surface area contributed by atoms with Crippen molar-refractivity contribution in [3.63, 3.8) is 0 Å². The van der Waals surface area contributed by atoms with Crippen LogP contribution in [0.4, 0.5) is 5.69 Å². The fourth-order valence-corrected chi connectivity index (χ4v) is 12.4. The summed E-state index contributed by atoms with van der Waals surface area (Å²) in [7, 11) is 0. The van der Waals surface area contributed by atoms with Crippen molar-refractivity contribution in [3.05, 3.63) is 53.1 Å². The molecular formula is C63H88N12O16. The molecule has 3 aliphatic heterocycles. The van der Waals surface area contributed by atoms with Crippen molar-refractivity contribution in [2.45, 2.75) is 160 Å². The molecular weight excluding hydrogens is 1180 g/mol. The minimum absolute atomic E-state index is 0.0278. The summed E-state index contributed by atoms with van der Waals surface area (Å²) >= 11 is 0. The topological polar surface area (TPSA) is 370 Å². The molecule has 1 aromatic heterocycles. The summed E-state index contributed by atoms with van der Waals surface area (Å²) in [5, 5.41) is 22.2. The van der Waals surface area contributed by atoms with Gasteiger partial charge < -0.3 is 61.1 Å². The highest BCUT2D eigenvalue weighted by atomic mass is 16.5. The number of aromatic nitrogens is 2. The molecule has 0 bridgehead atoms. The molecule has 28 nitrogen and oxygen atoms in total. The van der Waals surface area contributed by atoms with Crippen LogP contribution in [-0.2, 0) is 57.3 Å². The Balaban J connectivity index is 0.689. The fraction of sp³-hybridized carbons (Fsp3) is 0.651. The number of likely N-dealkylation sites (tertiary alicyclic amines) is 1. The minimum Gasteiger partial charge on any atom is -0.382 e. The van der Waals surface area contributed by atoms with Crippen LogP contribution in [0.3, 0.4) is 0 Å². The Hall–Kier alpha value is -7.82. The Bertz CT molecular complexity index is 2980. The zero-order valence-corrected chi connectivity index (χ0v) is 52.5. The maximum absolute atomic E-state index is 14.9. The van der Waals surface area contributed by atoms with E-state index in [0.29, 0.717) is 44.5 Å². The molecule has 8 rings (SSSR count). The number of anilines is 1. The number of nitrogens with one attached hydrogen (secondary N) is 8. The van der Waals surface area contributed by atoms with Gasteiger partial charge in [-0.3, -0.25) is 67.8 Å². The van der Waals surface area contributed by atoms with E-state index in [4.69, 9.17) is 18.9 Å². The highest BCUT2D eigenvalue weighted by molar-refractivity contribution is 6.38. The zero-order chi connectivity index (χ0) is 65.2. The molecule has 6 aliphatic rings. The molecule has 2 aromatic rings. The Morgan fingerprint density at radius 1 is 0.703 bits per heavy atom. The third-order valence-corrected chi connectivity index (χ3v) is 17.3. The maximum atomic E-state index is 14.9. The van der Waals surface area contributed by atoms with E-state index < -0.39 is 100 Å². The summed E-state index contributed by atoms with van der Waals surface area (Å²) in [4.78, 5) is 170. The van der Waals surface area contributed by atoms with Gasteiger partial charge in [0.2, 0.25) is 41.2 Å². The number of fused-ring (bicyclic) bond motifs is 2. The molecule has 91 heavy (non-hydrogen) atoms. The quantitative estimate of drug-likeness (QED) is 0.0278. The van der Waals surface area contributed by atoms with Crippen LogP contribution in [0.1, 0.15) is 166 Å². The van der Waals surface area contributed by atoms with E-state index >= 15 is 0 Å². The molecule has 7 atom stereocenters. The van der Waals surface area contributed by atoms with Gasteiger partial charge in [0.15, 0.2) is 0 Å². The van der Waals surface area contributed by atoms with Crippen molar-refractivity contribution >= 4 is 76.4 Å². The summed E-state index contributed by atoms with van der Waals surface area (Å²) in [5.41, 5.74) is -0.277. The van der Waals surface area contributed by atoms with Gasteiger partial charge >= 0.3 is 0 Å². The molecule has 8 N–H and O–H groups in total. The van der Waals surface area contributed by atoms with Gasteiger partial charge in [-0.15, -0.1) is 0 Å². The summed E-state index contributed by atoms with van der Waals surface area (Å²) in [5.74, 6) is -7.10. The van der Waals surface area contributed by atoms with Crippen molar-refractivity contribution in [2.75, 3.05) is 84.4 Å². The number of nitrogens with zero attached hydrogens (tertiary/aromatic N) is 4. The lowest BCUT2D eigenvalue weighted by Crippen LogP contribution is -2.62. The first-order valence-electron chi connectivity index (χ1n) is 32.1. The Labute approximate surface area is 529 Å². The first-order chi connectivity index (χ1) is 43.7. The number of imide groups is 2. The molecule has 0 spiro atoms. The Morgan fingerprint density at radius 2 is 1.36 bits per heavy atom. The molecule has 0 radical (unpaired) electrons. The van der Waals surface area contributed by atoms with Gasteiger partial charge in [0, 0.05) is 50.7 Å². The van der Waals surface area contributed by atoms with Crippen LogP contribution in [0.15, 0.2) is 30.6 Å². The number of carbonyl (C=O) groups excluding carboxylic acids is 12. The number of piperidine rings is 1. The average molecular weight is 1270 g/mol. The van der Waals surface area contributed by atoms with Crippen LogP contribution in [0.25, 0.3) is 0 Å². The van der Waals surface area contributed by atoms with E-state index in [1.165, 1.54) is 6.07 Å². The van der Waals surface area contributed by atoms with Crippen LogP contribution in [0.5, 0.6) is 0 Å². The molecule has 11 amide bonds. The van der Waals surface area contributed by atoms with Gasteiger partial charge in [0.1, 0.15) is 35.6 Å². The average Bonchev–Trinajstić information content (AvgIpc) is 1.63. The van der Waals surface area contributed by atoms with Crippen molar-refractivity contribution in [1.82, 2.24) is 57.0 Å². The molecule has 1 aromatic carbocycles. The van der Waals surface area contributed by atoms with E-state index in [9.17, 15) is 57.5 Å². The number of Topliss-reactive ketones (excluding diaryl/α,β-unsaturated/α-hetero) is 1. The minimum atomic E-state index is -1.11. The second kappa shape index (κ2) is 33.0. The third kappa shape index (κ3) is 18.7. The number of rotatable bonds is 34. The number of amides is 11. The molecule has 2 saturated heterocycles. The second-order valence-electron chi connectivity index (χ2n) is 25.1. The molecule has 5 fully saturated rings. The van der Waals surface area contributed by atoms with Crippen molar-refractivity contribution in [2.24, 2.45) is 23.2 Å². The van der Waals surface area contributed by atoms with Crippen LogP contribution < -0.4 is 42.5 Å². The van der Waals surface area contributed by atoms with Gasteiger partial charge in [-0.05, 0) is 86.7 Å². The molecule has 1 unspecified atom stereocenters. The lowest BCUT2D eigenvalue weighted by molar-refractivity contribution is -0.146. The van der Waals surface area contributed by atoms with Crippen LogP contribution >= 0.6 is 0 Å². The number of hydrogen-bond donors (Lipinski definition) is 8. The van der Waals surface area contributed by atoms with Gasteiger partial charge in [0.25, 0.3) is 29.5 Å². The lowest BCUT2D eigenvalue weighted by atomic mass is 9.82. The molecule has 3 aliphatic carbocycles. The van der Waals surface area contributed by atoms with Gasteiger partial charge in [-0.1, -0.05) is 65.9 Å². The van der Waals surface area contributed by atoms with Crippen LogP contribution in [0.2, 0.25) is 0 Å². The Morgan fingerprint density at radius 3 is 2.01 bits per heavy atom. The highest BCUT2D eigenvalue weighted by Crippen LogP contribution is 2.43. The second-order valence-corrected chi connectivity index (χ2v) is 25.1. The van der Waals surface area contributed by atoms with Crippen LogP contribution in [-0.4, -0.2) is 206 Å². The van der Waals surface area contributed by atoms with Gasteiger partial charge in [0.05, 0.1) is 82.4 Å². The first kappa shape index (κ1) is 69.1. The monoisotopic (exact) mass is 1270 g/mol. The third-order valence-electron chi connectivity index (χ3n) is 17.3. The van der Waals surface area contributed by atoms with Gasteiger partial charge in [-0.25, -0.2) is 9.97 Å². The maximum Gasteiger partial charge on any atom is 0.289 e. The molecule has 3 saturated carbocycles. The summed E-state index contributed by atoms with van der Waals surface area (Å²) in [6.45, 7) is 10.1. The highest BCUT2D eigenvalue weighted by Gasteiger charge is 2.53. The summed E-state index contributed by atoms with van der Waals surface area (Å²) in [6.07, 6.45) is 11.3. The zero-order valence-electron chi connectivity index (χ0n) is 52.5. The predicted octanol–water partition coefficient (Wildman–Crippen LogP) is 1.26. The van der Waals surface area contributed by atoms with Crippen molar-refractivity contribution < 1.29 is 76.5 Å². The Kier molecular flexibility index (Phi) is 25.0. The molecule has 4 heterocycles. The molecule has 28 heteroatoms. The summed E-state index contributed by atoms with van der Waals surface area (Å²) in [6, 6.07) is -0.402. The lowest BCUT2D eigenvalue weighted by Gasteiger charge is -2.38. The summed E-state index contributed by atoms with van der Waals surface area (Å²) < 4.78 is 22.2. The van der Waals surface area contributed by atoms with E-state index in [1.54, 1.807) is 17.0 Å². The number of ketones is 1. The van der Waals surface area contributed by atoms with Crippen molar-refractivity contribution in [3.8, 4) is 0 Å². The van der Waals surface area contributed by atoms with E-state index in [1.807, 2.05) is 27.7 Å². The predicted molar refractivity (Wildman–Crippen MR) is 325 cm³/mol. The number of carbonyl (C=O) groups is 12. The number of ether oxygens (including phenoxy) is 4. The normalized spacial score (nSPS) is 20.8.